The van der Waals surface area contributed by atoms with Gasteiger partial charge in [0.1, 0.15) is 0 Å². The van der Waals surface area contributed by atoms with Crippen molar-refractivity contribution in [1.82, 2.24) is 10.1 Å². The van der Waals surface area contributed by atoms with Gasteiger partial charge in [-0.15, -0.1) is 0 Å². The second-order valence-corrected chi connectivity index (χ2v) is 4.70. The number of carbonyl (C=O) groups excluding carboxylic acids is 1. The van der Waals surface area contributed by atoms with Crippen LogP contribution in [0.15, 0.2) is 28.8 Å². The van der Waals surface area contributed by atoms with E-state index in [4.69, 9.17) is 4.52 Å². The number of Topliss-reactive ketones (excluding diaryl/α,β-unsaturated/α-hetero) is 1. The Kier molecular flexibility index (Phi) is 3.03. The second kappa shape index (κ2) is 4.84. The van der Waals surface area contributed by atoms with Crippen molar-refractivity contribution >= 4 is 11.5 Å². The van der Waals surface area contributed by atoms with Crippen LogP contribution in [0, 0.1) is 6.92 Å². The van der Waals surface area contributed by atoms with Crippen molar-refractivity contribution in [3.8, 4) is 0 Å². The number of aromatic nitrogens is 2. The first-order valence-electron chi connectivity index (χ1n) is 6.40. The average molecular weight is 257 g/mol. The van der Waals surface area contributed by atoms with E-state index in [9.17, 15) is 4.79 Å². The fourth-order valence-corrected chi connectivity index (χ4v) is 2.41. The third kappa shape index (κ3) is 2.36. The number of carbonyl (C=O) groups is 1. The van der Waals surface area contributed by atoms with Gasteiger partial charge in [0.2, 0.25) is 5.89 Å². The molecule has 0 bridgehead atoms. The molecule has 0 spiro atoms. The Bertz CT molecular complexity index is 606. The number of ketones is 1. The molecule has 0 saturated heterocycles. The molecular weight excluding hydrogens is 242 g/mol. The Labute approximate surface area is 111 Å². The van der Waals surface area contributed by atoms with Gasteiger partial charge in [0.05, 0.1) is 6.54 Å². The molecule has 5 nitrogen and oxygen atoms in total. The van der Waals surface area contributed by atoms with Crippen LogP contribution in [0.1, 0.15) is 34.9 Å². The lowest BCUT2D eigenvalue weighted by Gasteiger charge is -2.22. The van der Waals surface area contributed by atoms with Crippen molar-refractivity contribution < 1.29 is 9.32 Å². The van der Waals surface area contributed by atoms with Gasteiger partial charge in [-0.2, -0.15) is 4.98 Å². The number of aryl methyl sites for hydroxylation is 1. The van der Waals surface area contributed by atoms with E-state index in [1.165, 1.54) is 0 Å². The third-order valence-electron chi connectivity index (χ3n) is 3.28. The summed E-state index contributed by atoms with van der Waals surface area (Å²) in [4.78, 5) is 18.4. The van der Waals surface area contributed by atoms with Gasteiger partial charge >= 0.3 is 0 Å². The quantitative estimate of drug-likeness (QED) is 0.826. The summed E-state index contributed by atoms with van der Waals surface area (Å²) in [5.41, 5.74) is 1.76. The van der Waals surface area contributed by atoms with Crippen LogP contribution in [0.4, 0.5) is 5.69 Å². The van der Waals surface area contributed by atoms with Crippen LogP contribution < -0.4 is 4.90 Å². The topological polar surface area (TPSA) is 59.2 Å². The molecule has 3 rings (SSSR count). The maximum atomic E-state index is 12.0. The Morgan fingerprint density at radius 3 is 3.00 bits per heavy atom. The molecule has 1 aliphatic rings. The van der Waals surface area contributed by atoms with E-state index < -0.39 is 0 Å². The van der Waals surface area contributed by atoms with Crippen molar-refractivity contribution in [2.24, 2.45) is 0 Å². The molecule has 2 heterocycles. The maximum absolute atomic E-state index is 12.0. The second-order valence-electron chi connectivity index (χ2n) is 4.70. The molecule has 0 aliphatic carbocycles. The summed E-state index contributed by atoms with van der Waals surface area (Å²) in [6.07, 6.45) is 1.45. The van der Waals surface area contributed by atoms with E-state index >= 15 is 0 Å². The molecule has 0 saturated carbocycles. The number of fused-ring (bicyclic) bond motifs is 1. The largest absolute Gasteiger partial charge is 0.363 e. The summed E-state index contributed by atoms with van der Waals surface area (Å²) in [6, 6.07) is 7.72. The predicted molar refractivity (Wildman–Crippen MR) is 70.1 cm³/mol. The molecule has 98 valence electrons. The summed E-state index contributed by atoms with van der Waals surface area (Å²) < 4.78 is 4.99. The maximum Gasteiger partial charge on any atom is 0.223 e. The standard InChI is InChI=1S/C14H15N3O2/c1-10-15-14(16-19-10)9-17-8-4-7-13(18)11-5-2-3-6-12(11)17/h2-3,5-6H,4,7-9H2,1H3. The molecule has 0 atom stereocenters. The number of para-hydroxylation sites is 1. The smallest absolute Gasteiger partial charge is 0.223 e. The van der Waals surface area contributed by atoms with Crippen molar-refractivity contribution in [3.63, 3.8) is 0 Å². The van der Waals surface area contributed by atoms with Gasteiger partial charge in [0.15, 0.2) is 11.6 Å². The van der Waals surface area contributed by atoms with Gasteiger partial charge in [-0.05, 0) is 18.6 Å². The lowest BCUT2D eigenvalue weighted by molar-refractivity contribution is 0.0984. The van der Waals surface area contributed by atoms with Gasteiger partial charge in [0.25, 0.3) is 0 Å². The summed E-state index contributed by atoms with van der Waals surface area (Å²) >= 11 is 0. The van der Waals surface area contributed by atoms with Crippen molar-refractivity contribution in [3.05, 3.63) is 41.5 Å². The monoisotopic (exact) mass is 257 g/mol. The fourth-order valence-electron chi connectivity index (χ4n) is 2.41. The minimum atomic E-state index is 0.211. The lowest BCUT2D eigenvalue weighted by Crippen LogP contribution is -2.24. The van der Waals surface area contributed by atoms with Crippen LogP contribution >= 0.6 is 0 Å². The Hall–Kier alpha value is -2.17. The zero-order valence-electron chi connectivity index (χ0n) is 10.8. The van der Waals surface area contributed by atoms with Gasteiger partial charge in [0, 0.05) is 31.1 Å². The number of hydrogen-bond donors (Lipinski definition) is 0. The molecule has 5 heteroatoms. The summed E-state index contributed by atoms with van der Waals surface area (Å²) in [5.74, 6) is 1.43. The normalized spacial score (nSPS) is 15.2. The highest BCUT2D eigenvalue weighted by molar-refractivity contribution is 6.01. The Balaban J connectivity index is 1.93. The van der Waals surface area contributed by atoms with Crippen molar-refractivity contribution in [2.75, 3.05) is 11.4 Å². The predicted octanol–water partition coefficient (Wildman–Crippen LogP) is 2.36. The highest BCUT2D eigenvalue weighted by Gasteiger charge is 2.21. The molecule has 0 fully saturated rings. The van der Waals surface area contributed by atoms with Gasteiger partial charge < -0.3 is 9.42 Å². The van der Waals surface area contributed by atoms with Crippen LogP contribution in [-0.2, 0) is 6.54 Å². The minimum absolute atomic E-state index is 0.211. The number of anilines is 1. The van der Waals surface area contributed by atoms with Gasteiger partial charge in [-0.3, -0.25) is 4.79 Å². The highest BCUT2D eigenvalue weighted by Crippen LogP contribution is 2.27. The van der Waals surface area contributed by atoms with Gasteiger partial charge in [-0.25, -0.2) is 0 Å². The Morgan fingerprint density at radius 2 is 2.21 bits per heavy atom. The molecule has 0 N–H and O–H groups in total. The first kappa shape index (κ1) is 11.9. The van der Waals surface area contributed by atoms with Crippen LogP contribution in [0.25, 0.3) is 0 Å². The van der Waals surface area contributed by atoms with Crippen LogP contribution in [0.5, 0.6) is 0 Å². The van der Waals surface area contributed by atoms with E-state index in [1.807, 2.05) is 24.3 Å². The molecule has 19 heavy (non-hydrogen) atoms. The highest BCUT2D eigenvalue weighted by atomic mass is 16.5. The molecule has 2 aromatic rings. The number of rotatable bonds is 2. The molecule has 0 amide bonds. The zero-order chi connectivity index (χ0) is 13.2. The Morgan fingerprint density at radius 1 is 1.37 bits per heavy atom. The van der Waals surface area contributed by atoms with E-state index in [-0.39, 0.29) is 5.78 Å². The molecule has 1 aliphatic heterocycles. The molecule has 0 radical (unpaired) electrons. The van der Waals surface area contributed by atoms with Crippen molar-refractivity contribution in [1.29, 1.82) is 0 Å². The molecule has 0 unspecified atom stereocenters. The molecule has 1 aromatic carbocycles. The van der Waals surface area contributed by atoms with E-state index in [0.717, 1.165) is 24.2 Å². The average Bonchev–Trinajstić information content (AvgIpc) is 2.75. The van der Waals surface area contributed by atoms with Crippen LogP contribution in [0.3, 0.4) is 0 Å². The number of nitrogens with zero attached hydrogens (tertiary/aromatic N) is 3. The minimum Gasteiger partial charge on any atom is -0.363 e. The molecular formula is C14H15N3O2. The number of hydrogen-bond acceptors (Lipinski definition) is 5. The van der Waals surface area contributed by atoms with Crippen LogP contribution in [-0.4, -0.2) is 22.5 Å². The zero-order valence-corrected chi connectivity index (χ0v) is 10.8. The van der Waals surface area contributed by atoms with Crippen LogP contribution in [0.2, 0.25) is 0 Å². The summed E-state index contributed by atoms with van der Waals surface area (Å²) in [7, 11) is 0. The summed E-state index contributed by atoms with van der Waals surface area (Å²) in [5, 5.41) is 3.92. The van der Waals surface area contributed by atoms with Gasteiger partial charge in [-0.1, -0.05) is 17.3 Å². The first-order valence-corrected chi connectivity index (χ1v) is 6.40. The first-order chi connectivity index (χ1) is 9.24. The molecule has 1 aromatic heterocycles. The van der Waals surface area contributed by atoms with E-state index in [2.05, 4.69) is 15.0 Å². The van der Waals surface area contributed by atoms with E-state index in [1.54, 1.807) is 6.92 Å². The SMILES string of the molecule is Cc1nc(CN2CCCC(=O)c3ccccc32)no1. The van der Waals surface area contributed by atoms with E-state index in [0.29, 0.717) is 24.7 Å². The third-order valence-corrected chi connectivity index (χ3v) is 3.28. The lowest BCUT2D eigenvalue weighted by atomic mass is 10.1. The fraction of sp³-hybridized carbons (Fsp3) is 0.357. The number of benzene rings is 1. The van der Waals surface area contributed by atoms with Crippen molar-refractivity contribution in [2.45, 2.75) is 26.3 Å². The summed E-state index contributed by atoms with van der Waals surface area (Å²) in [6.45, 7) is 3.17.